The van der Waals surface area contributed by atoms with E-state index in [1.165, 1.54) is 31.8 Å². The predicted molar refractivity (Wildman–Crippen MR) is 104 cm³/mol. The molecule has 27 heavy (non-hydrogen) atoms. The minimum Gasteiger partial charge on any atom is -0.497 e. The maximum atomic E-state index is 12.3. The van der Waals surface area contributed by atoms with Gasteiger partial charge in [-0.15, -0.1) is 0 Å². The number of anilines is 1. The Bertz CT molecular complexity index is 826. The van der Waals surface area contributed by atoms with Crippen LogP contribution in [0.2, 0.25) is 0 Å². The Morgan fingerprint density at radius 2 is 1.67 bits per heavy atom. The lowest BCUT2D eigenvalue weighted by atomic mass is 10.1. The largest absolute Gasteiger partial charge is 0.497 e. The van der Waals surface area contributed by atoms with Crippen LogP contribution in [0, 0.1) is 0 Å². The minimum absolute atomic E-state index is 0.128. The van der Waals surface area contributed by atoms with Crippen molar-refractivity contribution in [2.45, 2.75) is 25.7 Å². The number of hydrogen-bond acceptors (Lipinski definition) is 4. The van der Waals surface area contributed by atoms with E-state index in [2.05, 4.69) is 16.7 Å². The van der Waals surface area contributed by atoms with Crippen LogP contribution in [0.4, 0.5) is 5.69 Å². The average Bonchev–Trinajstić information content (AvgIpc) is 3.15. The van der Waals surface area contributed by atoms with Gasteiger partial charge in [-0.3, -0.25) is 9.59 Å². The van der Waals surface area contributed by atoms with Gasteiger partial charge < -0.3 is 20.1 Å². The van der Waals surface area contributed by atoms with Gasteiger partial charge in [-0.1, -0.05) is 6.07 Å². The van der Waals surface area contributed by atoms with E-state index in [4.69, 9.17) is 9.47 Å². The Kier molecular flexibility index (Phi) is 5.96. The highest BCUT2D eigenvalue weighted by Crippen LogP contribution is 2.25. The number of methoxy groups -OCH3 is 2. The van der Waals surface area contributed by atoms with Gasteiger partial charge in [-0.2, -0.15) is 0 Å². The van der Waals surface area contributed by atoms with Crippen LogP contribution in [-0.4, -0.2) is 32.6 Å². The molecule has 3 rings (SSSR count). The number of ether oxygens (including phenoxy) is 2. The Balaban J connectivity index is 1.50. The molecule has 0 heterocycles. The lowest BCUT2D eigenvalue weighted by Crippen LogP contribution is -2.27. The zero-order chi connectivity index (χ0) is 19.2. The number of carbonyl (C=O) groups is 2. The van der Waals surface area contributed by atoms with Gasteiger partial charge in [0.1, 0.15) is 11.5 Å². The Morgan fingerprint density at radius 3 is 2.37 bits per heavy atom. The first-order valence-electron chi connectivity index (χ1n) is 9.02. The highest BCUT2D eigenvalue weighted by atomic mass is 16.5. The molecule has 0 radical (unpaired) electrons. The molecular formula is C21H24N2O4. The molecule has 2 aromatic carbocycles. The molecule has 6 heteroatoms. The van der Waals surface area contributed by atoms with Gasteiger partial charge >= 0.3 is 0 Å². The molecule has 0 aliphatic heterocycles. The number of amides is 2. The maximum absolute atomic E-state index is 12.3. The average molecular weight is 368 g/mol. The number of hydrogen-bond donors (Lipinski definition) is 2. The van der Waals surface area contributed by atoms with Crippen molar-refractivity contribution in [3.8, 4) is 11.5 Å². The lowest BCUT2D eigenvalue weighted by molar-refractivity contribution is -0.116. The highest BCUT2D eigenvalue weighted by molar-refractivity contribution is 5.96. The van der Waals surface area contributed by atoms with E-state index >= 15 is 0 Å². The number of nitrogens with one attached hydrogen (secondary N) is 2. The first-order chi connectivity index (χ1) is 13.1. The predicted octanol–water partition coefficient (Wildman–Crippen LogP) is 2.95. The first-order valence-corrected chi connectivity index (χ1v) is 9.02. The highest BCUT2D eigenvalue weighted by Gasteiger charge is 2.13. The number of carbonyl (C=O) groups excluding carboxylic acids is 2. The summed E-state index contributed by atoms with van der Waals surface area (Å²) in [6, 6.07) is 11.0. The minimum atomic E-state index is -0.280. The van der Waals surface area contributed by atoms with Crippen molar-refractivity contribution in [2.75, 3.05) is 26.1 Å². The van der Waals surface area contributed by atoms with E-state index < -0.39 is 0 Å². The van der Waals surface area contributed by atoms with Gasteiger partial charge in [-0.25, -0.2) is 0 Å². The summed E-state index contributed by atoms with van der Waals surface area (Å²) < 4.78 is 10.3. The van der Waals surface area contributed by atoms with E-state index in [1.807, 2.05) is 12.1 Å². The second-order valence-corrected chi connectivity index (χ2v) is 6.49. The van der Waals surface area contributed by atoms with Gasteiger partial charge in [-0.05, 0) is 54.7 Å². The molecule has 0 saturated heterocycles. The number of fused-ring (bicyclic) bond motifs is 1. The van der Waals surface area contributed by atoms with Gasteiger partial charge in [0, 0.05) is 30.3 Å². The van der Waals surface area contributed by atoms with Crippen LogP contribution >= 0.6 is 0 Å². The summed E-state index contributed by atoms with van der Waals surface area (Å²) in [6.45, 7) is 0.245. The third-order valence-corrected chi connectivity index (χ3v) is 4.63. The van der Waals surface area contributed by atoms with Crippen LogP contribution in [0.3, 0.4) is 0 Å². The summed E-state index contributed by atoms with van der Waals surface area (Å²) >= 11 is 0. The molecule has 0 aromatic heterocycles. The quantitative estimate of drug-likeness (QED) is 0.788. The van der Waals surface area contributed by atoms with E-state index in [9.17, 15) is 9.59 Å². The van der Waals surface area contributed by atoms with Crippen molar-refractivity contribution in [1.82, 2.24) is 5.32 Å². The van der Waals surface area contributed by atoms with Crippen molar-refractivity contribution >= 4 is 17.5 Å². The zero-order valence-electron chi connectivity index (χ0n) is 15.6. The molecule has 0 spiro atoms. The summed E-state index contributed by atoms with van der Waals surface area (Å²) in [5.74, 6) is 0.664. The standard InChI is InChI=1S/C21H24N2O4/c1-26-18-11-16(12-19(13-18)27-2)21(25)22-9-8-20(24)23-17-7-6-14-4-3-5-15(14)10-17/h6-7,10-13H,3-5,8-9H2,1-2H3,(H,22,25)(H,23,24). The first kappa shape index (κ1) is 18.8. The molecular weight excluding hydrogens is 344 g/mol. The SMILES string of the molecule is COc1cc(OC)cc(C(=O)NCCC(=O)Nc2ccc3c(c2)CCC3)c1. The zero-order valence-corrected chi connectivity index (χ0v) is 15.6. The monoisotopic (exact) mass is 368 g/mol. The molecule has 0 bridgehead atoms. The van der Waals surface area contributed by atoms with Crippen LogP contribution < -0.4 is 20.1 Å². The van der Waals surface area contributed by atoms with E-state index in [0.717, 1.165) is 18.5 Å². The summed E-state index contributed by atoms with van der Waals surface area (Å²) in [4.78, 5) is 24.4. The third-order valence-electron chi connectivity index (χ3n) is 4.63. The van der Waals surface area contributed by atoms with Crippen LogP contribution in [0.1, 0.15) is 34.3 Å². The van der Waals surface area contributed by atoms with E-state index in [-0.39, 0.29) is 24.8 Å². The summed E-state index contributed by atoms with van der Waals surface area (Å²) in [7, 11) is 3.06. The molecule has 2 N–H and O–H groups in total. The summed E-state index contributed by atoms with van der Waals surface area (Å²) in [5, 5.41) is 5.64. The Morgan fingerprint density at radius 1 is 0.963 bits per heavy atom. The lowest BCUT2D eigenvalue weighted by Gasteiger charge is -2.10. The third kappa shape index (κ3) is 4.78. The van der Waals surface area contributed by atoms with E-state index in [0.29, 0.717) is 17.1 Å². The second-order valence-electron chi connectivity index (χ2n) is 6.49. The molecule has 0 fully saturated rings. The van der Waals surface area contributed by atoms with Crippen molar-refractivity contribution in [3.63, 3.8) is 0 Å². The van der Waals surface area contributed by atoms with Gasteiger partial charge in [0.15, 0.2) is 0 Å². The second kappa shape index (κ2) is 8.58. The Hall–Kier alpha value is -3.02. The van der Waals surface area contributed by atoms with Gasteiger partial charge in [0.05, 0.1) is 14.2 Å². The molecule has 0 atom stereocenters. The van der Waals surface area contributed by atoms with Gasteiger partial charge in [0.2, 0.25) is 5.91 Å². The molecule has 2 amide bonds. The van der Waals surface area contributed by atoms with Crippen molar-refractivity contribution in [3.05, 3.63) is 53.1 Å². The van der Waals surface area contributed by atoms with Crippen molar-refractivity contribution < 1.29 is 19.1 Å². The molecule has 0 unspecified atom stereocenters. The number of rotatable bonds is 7. The fraction of sp³-hybridized carbons (Fsp3) is 0.333. The topological polar surface area (TPSA) is 76.7 Å². The van der Waals surface area contributed by atoms with Crippen LogP contribution in [-0.2, 0) is 17.6 Å². The summed E-state index contributed by atoms with van der Waals surface area (Å²) in [5.41, 5.74) is 3.91. The van der Waals surface area contributed by atoms with Crippen LogP contribution in [0.25, 0.3) is 0 Å². The molecule has 2 aromatic rings. The van der Waals surface area contributed by atoms with Crippen LogP contribution in [0.5, 0.6) is 11.5 Å². The number of benzene rings is 2. The fourth-order valence-corrected chi connectivity index (χ4v) is 3.20. The molecule has 1 aliphatic rings. The molecule has 6 nitrogen and oxygen atoms in total. The number of aryl methyl sites for hydroxylation is 2. The van der Waals surface area contributed by atoms with E-state index in [1.54, 1.807) is 18.2 Å². The van der Waals surface area contributed by atoms with Gasteiger partial charge in [0.25, 0.3) is 5.91 Å². The smallest absolute Gasteiger partial charge is 0.251 e. The maximum Gasteiger partial charge on any atom is 0.251 e. The molecule has 1 aliphatic carbocycles. The normalized spacial score (nSPS) is 12.2. The van der Waals surface area contributed by atoms with Crippen molar-refractivity contribution in [1.29, 1.82) is 0 Å². The molecule has 0 saturated carbocycles. The van der Waals surface area contributed by atoms with Crippen molar-refractivity contribution in [2.24, 2.45) is 0 Å². The Labute approximate surface area is 158 Å². The fourth-order valence-electron chi connectivity index (χ4n) is 3.20. The summed E-state index contributed by atoms with van der Waals surface area (Å²) in [6.07, 6.45) is 3.56. The molecule has 142 valence electrons. The van der Waals surface area contributed by atoms with Crippen LogP contribution in [0.15, 0.2) is 36.4 Å².